The smallest absolute Gasteiger partial charge is 0.126 e. The average Bonchev–Trinajstić information content (AvgIpc) is 2.40. The molecule has 3 heteroatoms. The SMILES string of the molecule is CC(CN(C)Cc1ccccc1)Nc1ccccn1. The van der Waals surface area contributed by atoms with E-state index in [2.05, 4.69) is 59.5 Å². The number of rotatable bonds is 6. The summed E-state index contributed by atoms with van der Waals surface area (Å²) in [6.45, 7) is 4.12. The molecule has 1 N–H and O–H groups in total. The van der Waals surface area contributed by atoms with E-state index in [1.54, 1.807) is 0 Å². The average molecular weight is 255 g/mol. The molecule has 1 unspecified atom stereocenters. The van der Waals surface area contributed by atoms with Gasteiger partial charge in [0.15, 0.2) is 0 Å². The molecule has 2 aromatic rings. The van der Waals surface area contributed by atoms with E-state index in [1.807, 2.05) is 24.4 Å². The molecule has 1 atom stereocenters. The van der Waals surface area contributed by atoms with Gasteiger partial charge in [-0.15, -0.1) is 0 Å². The van der Waals surface area contributed by atoms with Crippen LogP contribution in [-0.4, -0.2) is 29.5 Å². The lowest BCUT2D eigenvalue weighted by Crippen LogP contribution is -2.32. The van der Waals surface area contributed by atoms with Crippen molar-refractivity contribution in [1.82, 2.24) is 9.88 Å². The highest BCUT2D eigenvalue weighted by Crippen LogP contribution is 2.06. The van der Waals surface area contributed by atoms with Gasteiger partial charge >= 0.3 is 0 Å². The summed E-state index contributed by atoms with van der Waals surface area (Å²) in [5, 5.41) is 3.41. The van der Waals surface area contributed by atoms with Crippen LogP contribution < -0.4 is 5.32 Å². The van der Waals surface area contributed by atoms with Crippen molar-refractivity contribution < 1.29 is 0 Å². The summed E-state index contributed by atoms with van der Waals surface area (Å²) in [6, 6.07) is 16.8. The lowest BCUT2D eigenvalue weighted by molar-refractivity contribution is 0.316. The van der Waals surface area contributed by atoms with Gasteiger partial charge in [-0.05, 0) is 31.7 Å². The second kappa shape index (κ2) is 6.90. The summed E-state index contributed by atoms with van der Waals surface area (Å²) in [6.07, 6.45) is 1.81. The van der Waals surface area contributed by atoms with Gasteiger partial charge in [0.05, 0.1) is 0 Å². The van der Waals surface area contributed by atoms with Gasteiger partial charge in [-0.25, -0.2) is 4.98 Å². The van der Waals surface area contributed by atoms with Crippen molar-refractivity contribution in [1.29, 1.82) is 0 Å². The predicted octanol–water partition coefficient (Wildman–Crippen LogP) is 3.01. The van der Waals surface area contributed by atoms with Crippen LogP contribution in [0.15, 0.2) is 54.7 Å². The van der Waals surface area contributed by atoms with Crippen LogP contribution in [0.1, 0.15) is 12.5 Å². The van der Waals surface area contributed by atoms with Crippen molar-refractivity contribution in [3.63, 3.8) is 0 Å². The predicted molar refractivity (Wildman–Crippen MR) is 80.1 cm³/mol. The molecule has 2 rings (SSSR count). The summed E-state index contributed by atoms with van der Waals surface area (Å²) in [5.74, 6) is 0.933. The number of pyridine rings is 1. The van der Waals surface area contributed by atoms with Crippen LogP contribution in [0.25, 0.3) is 0 Å². The minimum atomic E-state index is 0.364. The van der Waals surface area contributed by atoms with Crippen molar-refractivity contribution in [3.05, 3.63) is 60.3 Å². The highest BCUT2D eigenvalue weighted by Gasteiger charge is 2.07. The molecule has 0 aliphatic rings. The zero-order valence-electron chi connectivity index (χ0n) is 11.6. The molecule has 19 heavy (non-hydrogen) atoms. The molecule has 0 aliphatic carbocycles. The molecule has 0 aliphatic heterocycles. The quantitative estimate of drug-likeness (QED) is 0.860. The van der Waals surface area contributed by atoms with Gasteiger partial charge in [-0.1, -0.05) is 36.4 Å². The number of aromatic nitrogens is 1. The number of nitrogens with one attached hydrogen (secondary N) is 1. The lowest BCUT2D eigenvalue weighted by Gasteiger charge is -2.22. The third-order valence-electron chi connectivity index (χ3n) is 2.94. The molecular formula is C16H21N3. The highest BCUT2D eigenvalue weighted by molar-refractivity contribution is 5.34. The fourth-order valence-electron chi connectivity index (χ4n) is 2.17. The molecule has 0 radical (unpaired) electrons. The van der Waals surface area contributed by atoms with Gasteiger partial charge in [0.1, 0.15) is 5.82 Å². The van der Waals surface area contributed by atoms with E-state index < -0.39 is 0 Å². The molecule has 1 aromatic carbocycles. The van der Waals surface area contributed by atoms with Crippen LogP contribution in [0.3, 0.4) is 0 Å². The van der Waals surface area contributed by atoms with Crippen LogP contribution in [-0.2, 0) is 6.54 Å². The number of benzene rings is 1. The molecule has 3 nitrogen and oxygen atoms in total. The largest absolute Gasteiger partial charge is 0.366 e. The molecule has 0 saturated carbocycles. The van der Waals surface area contributed by atoms with E-state index in [9.17, 15) is 0 Å². The third kappa shape index (κ3) is 4.72. The lowest BCUT2D eigenvalue weighted by atomic mass is 10.2. The van der Waals surface area contributed by atoms with Gasteiger partial charge in [0.2, 0.25) is 0 Å². The summed E-state index contributed by atoms with van der Waals surface area (Å²) >= 11 is 0. The Bertz CT molecular complexity index is 424. The molecule has 0 bridgehead atoms. The van der Waals surface area contributed by atoms with Crippen molar-refractivity contribution in [2.24, 2.45) is 0 Å². The van der Waals surface area contributed by atoms with Crippen molar-refractivity contribution in [2.75, 3.05) is 18.9 Å². The van der Waals surface area contributed by atoms with E-state index in [-0.39, 0.29) is 0 Å². The fraction of sp³-hybridized carbons (Fsp3) is 0.312. The summed E-state index contributed by atoms with van der Waals surface area (Å²) in [4.78, 5) is 6.60. The molecule has 1 heterocycles. The van der Waals surface area contributed by atoms with Gasteiger partial charge in [0, 0.05) is 25.3 Å². The normalized spacial score (nSPS) is 12.4. The maximum Gasteiger partial charge on any atom is 0.126 e. The molecule has 100 valence electrons. The number of nitrogens with zero attached hydrogens (tertiary/aromatic N) is 2. The Balaban J connectivity index is 1.80. The van der Waals surface area contributed by atoms with Crippen molar-refractivity contribution in [2.45, 2.75) is 19.5 Å². The van der Waals surface area contributed by atoms with E-state index in [1.165, 1.54) is 5.56 Å². The molecule has 0 amide bonds. The minimum absolute atomic E-state index is 0.364. The Morgan fingerprint density at radius 3 is 2.53 bits per heavy atom. The minimum Gasteiger partial charge on any atom is -0.366 e. The van der Waals surface area contributed by atoms with Crippen LogP contribution in [0.5, 0.6) is 0 Å². The molecule has 0 saturated heterocycles. The standard InChI is InChI=1S/C16H21N3/c1-14(18-16-10-6-7-11-17-16)12-19(2)13-15-8-4-3-5-9-15/h3-11,14H,12-13H2,1-2H3,(H,17,18). The van der Waals surface area contributed by atoms with E-state index in [4.69, 9.17) is 0 Å². The highest BCUT2D eigenvalue weighted by atomic mass is 15.1. The molecule has 0 fully saturated rings. The van der Waals surface area contributed by atoms with Crippen LogP contribution >= 0.6 is 0 Å². The second-order valence-electron chi connectivity index (χ2n) is 4.94. The maximum atomic E-state index is 4.28. The number of hydrogen-bond donors (Lipinski definition) is 1. The van der Waals surface area contributed by atoms with Gasteiger partial charge in [-0.3, -0.25) is 0 Å². The second-order valence-corrected chi connectivity index (χ2v) is 4.94. The summed E-state index contributed by atoms with van der Waals surface area (Å²) in [7, 11) is 2.14. The van der Waals surface area contributed by atoms with Crippen LogP contribution in [0.2, 0.25) is 0 Å². The van der Waals surface area contributed by atoms with Crippen LogP contribution in [0, 0.1) is 0 Å². The Morgan fingerprint density at radius 2 is 1.84 bits per heavy atom. The van der Waals surface area contributed by atoms with Gasteiger partial charge in [-0.2, -0.15) is 0 Å². The van der Waals surface area contributed by atoms with Crippen molar-refractivity contribution >= 4 is 5.82 Å². The first-order valence-corrected chi connectivity index (χ1v) is 6.64. The topological polar surface area (TPSA) is 28.2 Å². The maximum absolute atomic E-state index is 4.28. The van der Waals surface area contributed by atoms with E-state index >= 15 is 0 Å². The Hall–Kier alpha value is -1.87. The number of hydrogen-bond acceptors (Lipinski definition) is 3. The Morgan fingerprint density at radius 1 is 1.11 bits per heavy atom. The first kappa shape index (κ1) is 13.6. The first-order valence-electron chi connectivity index (χ1n) is 6.64. The van der Waals surface area contributed by atoms with Gasteiger partial charge < -0.3 is 10.2 Å². The molecule has 0 spiro atoms. The Kier molecular flexibility index (Phi) is 4.93. The Labute approximate surface area is 115 Å². The summed E-state index contributed by atoms with van der Waals surface area (Å²) < 4.78 is 0. The zero-order chi connectivity index (χ0) is 13.5. The molecule has 1 aromatic heterocycles. The first-order chi connectivity index (χ1) is 9.24. The van der Waals surface area contributed by atoms with Gasteiger partial charge in [0.25, 0.3) is 0 Å². The number of anilines is 1. The van der Waals surface area contributed by atoms with Crippen LogP contribution in [0.4, 0.5) is 5.82 Å². The zero-order valence-corrected chi connectivity index (χ0v) is 11.6. The third-order valence-corrected chi connectivity index (χ3v) is 2.94. The van der Waals surface area contributed by atoms with Crippen molar-refractivity contribution in [3.8, 4) is 0 Å². The van der Waals surface area contributed by atoms with E-state index in [0.29, 0.717) is 6.04 Å². The number of likely N-dealkylation sites (N-methyl/N-ethyl adjacent to an activating group) is 1. The fourth-order valence-corrected chi connectivity index (χ4v) is 2.17. The van der Waals surface area contributed by atoms with E-state index in [0.717, 1.165) is 18.9 Å². The monoisotopic (exact) mass is 255 g/mol. The molecular weight excluding hydrogens is 234 g/mol. The summed E-state index contributed by atoms with van der Waals surface area (Å²) in [5.41, 5.74) is 1.34.